The van der Waals surface area contributed by atoms with E-state index in [1.807, 2.05) is 6.92 Å². The molecule has 0 aromatic carbocycles. The number of hydrogen-bond donors (Lipinski definition) is 1. The normalized spacial score (nSPS) is 12.4. The zero-order valence-corrected chi connectivity index (χ0v) is 17.3. The molecule has 1 N–H and O–H groups in total. The first-order valence-corrected chi connectivity index (χ1v) is 9.46. The Hall–Kier alpha value is -2.55. The Labute approximate surface area is 163 Å². The lowest BCUT2D eigenvalue weighted by Crippen LogP contribution is -2.34. The van der Waals surface area contributed by atoms with Crippen LogP contribution in [0.5, 0.6) is 0 Å². The molecule has 2 heterocycles. The van der Waals surface area contributed by atoms with Gasteiger partial charge in [-0.1, -0.05) is 0 Å². The first-order valence-electron chi connectivity index (χ1n) is 8.64. The van der Waals surface area contributed by atoms with Gasteiger partial charge in [0.25, 0.3) is 5.91 Å². The number of carbonyl (C=O) groups is 2. The third-order valence-electron chi connectivity index (χ3n) is 3.61. The van der Waals surface area contributed by atoms with Crippen molar-refractivity contribution in [3.8, 4) is 10.7 Å². The molecule has 9 heteroatoms. The van der Waals surface area contributed by atoms with Gasteiger partial charge in [0.1, 0.15) is 21.2 Å². The Balaban J connectivity index is 2.24. The summed E-state index contributed by atoms with van der Waals surface area (Å²) in [5.41, 5.74) is 0.495. The number of thiazole rings is 1. The molecule has 0 radical (unpaired) electrons. The Morgan fingerprint density at radius 3 is 2.56 bits per heavy atom. The summed E-state index contributed by atoms with van der Waals surface area (Å²) in [5, 5.41) is 3.33. The van der Waals surface area contributed by atoms with Crippen LogP contribution in [0.3, 0.4) is 0 Å². The summed E-state index contributed by atoms with van der Waals surface area (Å²) in [6.45, 7) is 9.71. The molecule has 0 saturated heterocycles. The van der Waals surface area contributed by atoms with E-state index in [9.17, 15) is 9.59 Å². The van der Waals surface area contributed by atoms with Crippen molar-refractivity contribution in [1.82, 2.24) is 25.2 Å². The fourth-order valence-electron chi connectivity index (χ4n) is 2.20. The maximum Gasteiger partial charge on any atom is 0.408 e. The number of nitrogens with zero attached hydrogens (tertiary/aromatic N) is 4. The van der Waals surface area contributed by atoms with E-state index >= 15 is 0 Å². The Morgan fingerprint density at radius 2 is 1.93 bits per heavy atom. The molecule has 1 atom stereocenters. The molecule has 0 aliphatic carbocycles. The van der Waals surface area contributed by atoms with E-state index in [0.717, 1.165) is 0 Å². The number of aromatic nitrogens is 3. The molecule has 2 aromatic rings. The number of ether oxygens (including phenoxy) is 1. The van der Waals surface area contributed by atoms with Crippen LogP contribution in [-0.2, 0) is 4.74 Å². The Bertz CT molecular complexity index is 815. The van der Waals surface area contributed by atoms with Crippen LogP contribution >= 0.6 is 11.3 Å². The summed E-state index contributed by atoms with van der Waals surface area (Å²) in [5.74, 6) is -0.0911. The molecule has 0 saturated carbocycles. The number of amides is 2. The maximum atomic E-state index is 12.3. The summed E-state index contributed by atoms with van der Waals surface area (Å²) in [6, 6.07) is -0.440. The van der Waals surface area contributed by atoms with Gasteiger partial charge >= 0.3 is 6.09 Å². The molecule has 0 aliphatic rings. The van der Waals surface area contributed by atoms with Crippen LogP contribution < -0.4 is 5.32 Å². The van der Waals surface area contributed by atoms with Gasteiger partial charge in [-0.25, -0.2) is 9.78 Å². The van der Waals surface area contributed by atoms with Crippen LogP contribution in [0.15, 0.2) is 18.6 Å². The van der Waals surface area contributed by atoms with Crippen LogP contribution in [0.25, 0.3) is 10.7 Å². The van der Waals surface area contributed by atoms with Crippen molar-refractivity contribution in [2.45, 2.75) is 46.3 Å². The highest BCUT2D eigenvalue weighted by Crippen LogP contribution is 2.29. The molecule has 2 rings (SSSR count). The van der Waals surface area contributed by atoms with E-state index < -0.39 is 17.7 Å². The van der Waals surface area contributed by atoms with Crippen molar-refractivity contribution in [2.24, 2.45) is 0 Å². The first-order chi connectivity index (χ1) is 12.6. The predicted octanol–water partition coefficient (Wildman–Crippen LogP) is 3.28. The lowest BCUT2D eigenvalue weighted by molar-refractivity contribution is 0.0506. The Kier molecular flexibility index (Phi) is 6.48. The molecule has 0 spiro atoms. The van der Waals surface area contributed by atoms with Gasteiger partial charge in [-0.05, 0) is 34.6 Å². The van der Waals surface area contributed by atoms with Gasteiger partial charge in [0.2, 0.25) is 0 Å². The number of carbonyl (C=O) groups excluding carboxylic acids is 2. The second-order valence-electron chi connectivity index (χ2n) is 7.01. The van der Waals surface area contributed by atoms with Crippen LogP contribution in [0.4, 0.5) is 4.79 Å². The Morgan fingerprint density at radius 1 is 1.26 bits per heavy atom. The number of hydrogen-bond acceptors (Lipinski definition) is 7. The minimum atomic E-state index is -0.592. The molecule has 27 heavy (non-hydrogen) atoms. The summed E-state index contributed by atoms with van der Waals surface area (Å²) in [4.78, 5) is 39.5. The van der Waals surface area contributed by atoms with Gasteiger partial charge in [0.15, 0.2) is 0 Å². The fourth-order valence-corrected chi connectivity index (χ4v) is 3.11. The molecule has 2 aromatic heterocycles. The van der Waals surface area contributed by atoms with Crippen molar-refractivity contribution in [2.75, 3.05) is 13.6 Å². The number of alkyl carbamates (subject to hydrolysis) is 1. The summed E-state index contributed by atoms with van der Waals surface area (Å²) < 4.78 is 5.29. The molecule has 0 bridgehead atoms. The SMILES string of the molecule is CCN(C)C(=O)c1cnc(-c2nccnc2C(C)NC(=O)OC(C)(C)C)s1. The molecule has 8 nitrogen and oxygen atoms in total. The summed E-state index contributed by atoms with van der Waals surface area (Å²) in [6.07, 6.45) is 4.11. The third kappa shape index (κ3) is 5.46. The van der Waals surface area contributed by atoms with Crippen LogP contribution in [0.2, 0.25) is 0 Å². The quantitative estimate of drug-likeness (QED) is 0.840. The van der Waals surface area contributed by atoms with Crippen LogP contribution in [0.1, 0.15) is 56.0 Å². The zero-order valence-electron chi connectivity index (χ0n) is 16.4. The molecule has 0 aliphatic heterocycles. The smallest absolute Gasteiger partial charge is 0.408 e. The third-order valence-corrected chi connectivity index (χ3v) is 4.60. The van der Waals surface area contributed by atoms with Crippen molar-refractivity contribution < 1.29 is 14.3 Å². The minimum Gasteiger partial charge on any atom is -0.444 e. The minimum absolute atomic E-state index is 0.0911. The highest BCUT2D eigenvalue weighted by molar-refractivity contribution is 7.16. The average molecular weight is 391 g/mol. The standard InChI is InChI=1S/C18H25N5O3S/c1-7-23(6)16(24)12-10-21-15(27-12)14-13(19-8-9-20-14)11(2)22-17(25)26-18(3,4)5/h8-11H,7H2,1-6H3,(H,22,25). The maximum absolute atomic E-state index is 12.3. The summed E-state index contributed by atoms with van der Waals surface area (Å²) >= 11 is 1.25. The van der Waals surface area contributed by atoms with E-state index in [0.29, 0.717) is 27.8 Å². The van der Waals surface area contributed by atoms with Gasteiger partial charge < -0.3 is 15.0 Å². The van der Waals surface area contributed by atoms with Crippen molar-refractivity contribution >= 4 is 23.3 Å². The van der Waals surface area contributed by atoms with E-state index in [1.165, 1.54) is 11.3 Å². The van der Waals surface area contributed by atoms with Crippen molar-refractivity contribution in [3.63, 3.8) is 0 Å². The molecule has 0 fully saturated rings. The zero-order chi connectivity index (χ0) is 20.2. The van der Waals surface area contributed by atoms with Gasteiger partial charge in [-0.2, -0.15) is 0 Å². The average Bonchev–Trinajstić information content (AvgIpc) is 3.08. The molecule has 1 unspecified atom stereocenters. The number of rotatable bonds is 5. The highest BCUT2D eigenvalue weighted by Gasteiger charge is 2.23. The van der Waals surface area contributed by atoms with Crippen LogP contribution in [0, 0.1) is 0 Å². The second-order valence-corrected chi connectivity index (χ2v) is 8.04. The number of nitrogens with one attached hydrogen (secondary N) is 1. The van der Waals surface area contributed by atoms with Gasteiger partial charge in [0.05, 0.1) is 17.9 Å². The van der Waals surface area contributed by atoms with Crippen molar-refractivity contribution in [1.29, 1.82) is 0 Å². The molecular weight excluding hydrogens is 366 g/mol. The fraction of sp³-hybridized carbons (Fsp3) is 0.500. The van der Waals surface area contributed by atoms with Gasteiger partial charge in [-0.3, -0.25) is 14.8 Å². The largest absolute Gasteiger partial charge is 0.444 e. The molecular formula is C18H25N5O3S. The summed E-state index contributed by atoms with van der Waals surface area (Å²) in [7, 11) is 1.74. The predicted molar refractivity (Wildman–Crippen MR) is 104 cm³/mol. The van der Waals surface area contributed by atoms with E-state index in [-0.39, 0.29) is 5.91 Å². The molecule has 146 valence electrons. The van der Waals surface area contributed by atoms with E-state index in [2.05, 4.69) is 20.3 Å². The van der Waals surface area contributed by atoms with E-state index in [4.69, 9.17) is 4.74 Å². The van der Waals surface area contributed by atoms with Gasteiger partial charge in [-0.15, -0.1) is 11.3 Å². The van der Waals surface area contributed by atoms with E-state index in [1.54, 1.807) is 58.2 Å². The topological polar surface area (TPSA) is 97.3 Å². The second kappa shape index (κ2) is 8.43. The van der Waals surface area contributed by atoms with Gasteiger partial charge in [0, 0.05) is 26.0 Å². The highest BCUT2D eigenvalue weighted by atomic mass is 32.1. The van der Waals surface area contributed by atoms with Crippen molar-refractivity contribution in [3.05, 3.63) is 29.2 Å². The lowest BCUT2D eigenvalue weighted by Gasteiger charge is -2.22. The molecule has 2 amide bonds. The lowest BCUT2D eigenvalue weighted by atomic mass is 10.2. The first kappa shape index (κ1) is 20.8. The van der Waals surface area contributed by atoms with Crippen LogP contribution in [-0.4, -0.2) is 51.0 Å². The monoisotopic (exact) mass is 391 g/mol.